The van der Waals surface area contributed by atoms with Crippen molar-refractivity contribution in [3.05, 3.63) is 0 Å². The predicted octanol–water partition coefficient (Wildman–Crippen LogP) is 3.86. The van der Waals surface area contributed by atoms with E-state index in [1.165, 1.54) is 35.5 Å². The zero-order valence-electron chi connectivity index (χ0n) is 9.12. The molecular weight excluding hydrogens is 168 g/mol. The molecule has 4 rings (SSSR count). The van der Waals surface area contributed by atoms with Gasteiger partial charge in [-0.25, -0.2) is 0 Å². The van der Waals surface area contributed by atoms with E-state index in [1.807, 2.05) is 0 Å². The van der Waals surface area contributed by atoms with Gasteiger partial charge in [0.25, 0.3) is 0 Å². The lowest BCUT2D eigenvalue weighted by Crippen LogP contribution is -2.55. The van der Waals surface area contributed by atoms with Gasteiger partial charge in [-0.15, -0.1) is 0 Å². The van der Waals surface area contributed by atoms with Crippen molar-refractivity contribution in [3.8, 4) is 0 Å². The smallest absolute Gasteiger partial charge is 0.0352 e. The molecule has 0 nitrogen and oxygen atoms in total. The molecule has 0 aromatic carbocycles. The quantitative estimate of drug-likeness (QED) is 0.544. The molecule has 78 valence electrons. The highest BCUT2D eigenvalue weighted by Crippen LogP contribution is 2.64. The van der Waals surface area contributed by atoms with E-state index in [2.05, 4.69) is 0 Å². The molecule has 0 spiro atoms. The van der Waals surface area contributed by atoms with Crippen molar-refractivity contribution < 1.29 is 0 Å². The van der Waals surface area contributed by atoms with Crippen LogP contribution in [0.1, 0.15) is 51.4 Å². The lowest BCUT2D eigenvalue weighted by Gasteiger charge is -2.63. The van der Waals surface area contributed by atoms with Crippen LogP contribution in [0, 0.1) is 35.5 Å². The van der Waals surface area contributed by atoms with Gasteiger partial charge in [0, 0.05) is 0 Å². The van der Waals surface area contributed by atoms with Crippen LogP contribution in [0.4, 0.5) is 0 Å². The zero-order valence-corrected chi connectivity index (χ0v) is 9.12. The third-order valence-electron chi connectivity index (χ3n) is 6.29. The van der Waals surface area contributed by atoms with Crippen LogP contribution in [-0.4, -0.2) is 0 Å². The summed E-state index contributed by atoms with van der Waals surface area (Å²) in [6, 6.07) is 0. The van der Waals surface area contributed by atoms with Crippen molar-refractivity contribution in [1.82, 2.24) is 0 Å². The first kappa shape index (κ1) is 8.19. The van der Waals surface area contributed by atoms with E-state index in [-0.39, 0.29) is 0 Å². The Hall–Kier alpha value is 0. The minimum absolute atomic E-state index is 1.20. The molecule has 0 N–H and O–H groups in total. The second-order valence-electron chi connectivity index (χ2n) is 6.42. The normalized spacial score (nSPS) is 60.0. The Labute approximate surface area is 87.5 Å². The summed E-state index contributed by atoms with van der Waals surface area (Å²) in [5.74, 6) is 7.25. The monoisotopic (exact) mass is 190 g/mol. The van der Waals surface area contributed by atoms with Gasteiger partial charge in [-0.1, -0.05) is 12.8 Å². The molecule has 4 aliphatic carbocycles. The minimum Gasteiger partial charge on any atom is -0.0530 e. The van der Waals surface area contributed by atoms with Crippen LogP contribution in [-0.2, 0) is 0 Å². The molecule has 4 saturated carbocycles. The summed E-state index contributed by atoms with van der Waals surface area (Å²) in [6.07, 6.45) is 12.8. The molecule has 14 heavy (non-hydrogen) atoms. The Bertz CT molecular complexity index is 218. The van der Waals surface area contributed by atoms with Crippen LogP contribution in [0.15, 0.2) is 0 Å². The molecule has 4 aliphatic rings. The average Bonchev–Trinajstić information content (AvgIpc) is 2.12. The van der Waals surface area contributed by atoms with Crippen molar-refractivity contribution in [2.45, 2.75) is 51.4 Å². The van der Waals surface area contributed by atoms with Gasteiger partial charge in [0.1, 0.15) is 0 Å². The van der Waals surface area contributed by atoms with Gasteiger partial charge in [-0.05, 0) is 74.0 Å². The van der Waals surface area contributed by atoms with Crippen LogP contribution >= 0.6 is 0 Å². The predicted molar refractivity (Wildman–Crippen MR) is 57.9 cm³/mol. The van der Waals surface area contributed by atoms with E-state index in [0.29, 0.717) is 0 Å². The average molecular weight is 190 g/mol. The highest BCUT2D eigenvalue weighted by atomic mass is 14.6. The molecule has 6 atom stereocenters. The molecular formula is C14H22. The lowest BCUT2D eigenvalue weighted by molar-refractivity contribution is -0.138. The lowest BCUT2D eigenvalue weighted by atomic mass is 9.42. The number of fused-ring (bicyclic) bond motifs is 6. The van der Waals surface area contributed by atoms with E-state index in [0.717, 1.165) is 0 Å². The van der Waals surface area contributed by atoms with Crippen LogP contribution in [0.25, 0.3) is 0 Å². The fourth-order valence-electron chi connectivity index (χ4n) is 5.48. The first-order valence-electron chi connectivity index (χ1n) is 6.95. The van der Waals surface area contributed by atoms with E-state index in [9.17, 15) is 0 Å². The Kier molecular flexibility index (Phi) is 1.62. The summed E-state index contributed by atoms with van der Waals surface area (Å²) in [5, 5.41) is 0. The summed E-state index contributed by atoms with van der Waals surface area (Å²) in [4.78, 5) is 0. The summed E-state index contributed by atoms with van der Waals surface area (Å²) in [5.41, 5.74) is 0. The molecule has 0 radical (unpaired) electrons. The first-order chi connectivity index (χ1) is 6.95. The fourth-order valence-corrected chi connectivity index (χ4v) is 5.48. The van der Waals surface area contributed by atoms with Crippen molar-refractivity contribution in [3.63, 3.8) is 0 Å². The standard InChI is InChI=1S/C14H22/c1-2-4-10-9(3-1)11-5-7-13(11)14-8-6-12(10)14/h9-14H,1-8H2. The minimum atomic E-state index is 1.20. The summed E-state index contributed by atoms with van der Waals surface area (Å²) >= 11 is 0. The molecule has 4 fully saturated rings. The summed E-state index contributed by atoms with van der Waals surface area (Å²) in [7, 11) is 0. The molecule has 6 unspecified atom stereocenters. The molecule has 0 bridgehead atoms. The SMILES string of the molecule is C1CCC2C(C1)C1CCC1C1CCC21. The molecule has 0 aromatic rings. The first-order valence-corrected chi connectivity index (χ1v) is 6.95. The number of hydrogen-bond acceptors (Lipinski definition) is 0. The molecule has 0 heterocycles. The summed E-state index contributed by atoms with van der Waals surface area (Å²) in [6.45, 7) is 0. The number of rotatable bonds is 0. The largest absolute Gasteiger partial charge is 0.0530 e. The van der Waals surface area contributed by atoms with E-state index < -0.39 is 0 Å². The van der Waals surface area contributed by atoms with E-state index in [4.69, 9.17) is 0 Å². The topological polar surface area (TPSA) is 0 Å². The second kappa shape index (κ2) is 2.77. The zero-order chi connectivity index (χ0) is 9.12. The number of hydrogen-bond donors (Lipinski definition) is 0. The molecule has 0 saturated heterocycles. The molecule has 0 aromatic heterocycles. The van der Waals surface area contributed by atoms with E-state index >= 15 is 0 Å². The Morgan fingerprint density at radius 2 is 0.643 bits per heavy atom. The second-order valence-corrected chi connectivity index (χ2v) is 6.42. The van der Waals surface area contributed by atoms with Crippen LogP contribution in [0.2, 0.25) is 0 Å². The maximum atomic E-state index is 1.61. The molecule has 0 aliphatic heterocycles. The van der Waals surface area contributed by atoms with Gasteiger partial charge in [0.15, 0.2) is 0 Å². The third kappa shape index (κ3) is 0.864. The van der Waals surface area contributed by atoms with Gasteiger partial charge < -0.3 is 0 Å². The van der Waals surface area contributed by atoms with Gasteiger partial charge in [0.2, 0.25) is 0 Å². The highest BCUT2D eigenvalue weighted by Gasteiger charge is 2.56. The van der Waals surface area contributed by atoms with Crippen molar-refractivity contribution in [2.75, 3.05) is 0 Å². The molecule has 0 amide bonds. The van der Waals surface area contributed by atoms with Crippen LogP contribution in [0.3, 0.4) is 0 Å². The fraction of sp³-hybridized carbons (Fsp3) is 1.00. The maximum absolute atomic E-state index is 1.61. The Morgan fingerprint density at radius 1 is 0.357 bits per heavy atom. The van der Waals surface area contributed by atoms with Gasteiger partial charge >= 0.3 is 0 Å². The van der Waals surface area contributed by atoms with E-state index in [1.54, 1.807) is 51.4 Å². The summed E-state index contributed by atoms with van der Waals surface area (Å²) < 4.78 is 0. The maximum Gasteiger partial charge on any atom is -0.0352 e. The van der Waals surface area contributed by atoms with Crippen molar-refractivity contribution in [2.24, 2.45) is 35.5 Å². The van der Waals surface area contributed by atoms with Gasteiger partial charge in [0.05, 0.1) is 0 Å². The molecule has 0 heteroatoms. The Morgan fingerprint density at radius 3 is 0.929 bits per heavy atom. The Balaban J connectivity index is 1.64. The van der Waals surface area contributed by atoms with Crippen molar-refractivity contribution >= 4 is 0 Å². The van der Waals surface area contributed by atoms with Crippen LogP contribution < -0.4 is 0 Å². The van der Waals surface area contributed by atoms with Gasteiger partial charge in [-0.2, -0.15) is 0 Å². The van der Waals surface area contributed by atoms with Gasteiger partial charge in [-0.3, -0.25) is 0 Å². The van der Waals surface area contributed by atoms with Crippen molar-refractivity contribution in [1.29, 1.82) is 0 Å². The third-order valence-corrected chi connectivity index (χ3v) is 6.29. The van der Waals surface area contributed by atoms with Crippen LogP contribution in [0.5, 0.6) is 0 Å². The highest BCUT2D eigenvalue weighted by molar-refractivity contribution is 5.05.